The number of ether oxygens (including phenoxy) is 3. The molecule has 12 nitrogen and oxygen atoms in total. The quantitative estimate of drug-likeness (QED) is 0.496. The maximum atomic E-state index is 11.2. The van der Waals surface area contributed by atoms with Gasteiger partial charge in [-0.1, -0.05) is 11.8 Å². The van der Waals surface area contributed by atoms with Gasteiger partial charge in [0.05, 0.1) is 43.0 Å². The van der Waals surface area contributed by atoms with Crippen LogP contribution in [0.15, 0.2) is 28.4 Å². The first-order chi connectivity index (χ1) is 18.4. The standard InChI is InChI=1S/C25H33N7O5S/c1-14-21(26)25(13-36-14)3-6-31(7-4-25)22-17(11-33)30-19(9-29-22)38-18-2-5-28-23-20(18)35-12-15-8-16(10-32(15)23)37-24(27)34/h2,5,9,14-16,21,33H,3-4,6-8,10-13,26H2,1H3,(H2,27,34)/t14-,15-,16-,21+/m0/s1. The number of aliphatic hydroxyl groups excluding tert-OH is 1. The van der Waals surface area contributed by atoms with Gasteiger partial charge >= 0.3 is 6.09 Å². The van der Waals surface area contributed by atoms with Crippen molar-refractivity contribution in [1.82, 2.24) is 15.0 Å². The van der Waals surface area contributed by atoms with Crippen LogP contribution in [-0.2, 0) is 16.1 Å². The molecule has 3 saturated heterocycles. The highest BCUT2D eigenvalue weighted by Gasteiger charge is 2.48. The van der Waals surface area contributed by atoms with Crippen molar-refractivity contribution in [3.8, 4) is 5.75 Å². The van der Waals surface area contributed by atoms with E-state index in [9.17, 15) is 9.90 Å². The molecular formula is C25H33N7O5S. The first-order valence-electron chi connectivity index (χ1n) is 13.0. The van der Waals surface area contributed by atoms with Crippen LogP contribution in [0.2, 0.25) is 0 Å². The zero-order valence-corrected chi connectivity index (χ0v) is 22.1. The van der Waals surface area contributed by atoms with E-state index in [0.717, 1.165) is 30.8 Å². The molecule has 1 amide bonds. The molecule has 13 heteroatoms. The number of nitrogens with two attached hydrogens (primary N) is 2. The molecule has 4 atom stereocenters. The van der Waals surface area contributed by atoms with E-state index in [4.69, 9.17) is 35.6 Å². The number of pyridine rings is 1. The van der Waals surface area contributed by atoms with Gasteiger partial charge in [-0.3, -0.25) is 0 Å². The molecule has 2 aromatic heterocycles. The van der Waals surface area contributed by atoms with Crippen LogP contribution in [0.3, 0.4) is 0 Å². The van der Waals surface area contributed by atoms with Crippen LogP contribution < -0.4 is 26.0 Å². The molecule has 0 aromatic carbocycles. The third kappa shape index (κ3) is 4.51. The summed E-state index contributed by atoms with van der Waals surface area (Å²) in [4.78, 5) is 30.3. The van der Waals surface area contributed by atoms with Crippen molar-refractivity contribution in [2.75, 3.05) is 42.6 Å². The zero-order valence-electron chi connectivity index (χ0n) is 21.3. The van der Waals surface area contributed by atoms with Gasteiger partial charge in [-0.25, -0.2) is 19.7 Å². The minimum atomic E-state index is -0.773. The maximum absolute atomic E-state index is 11.2. The molecule has 0 bridgehead atoms. The molecule has 0 aliphatic carbocycles. The number of hydrogen-bond acceptors (Lipinski definition) is 12. The van der Waals surface area contributed by atoms with Gasteiger partial charge in [-0.15, -0.1) is 0 Å². The lowest BCUT2D eigenvalue weighted by molar-refractivity contribution is 0.0973. The second kappa shape index (κ2) is 10.0. The van der Waals surface area contributed by atoms with Crippen LogP contribution in [0.4, 0.5) is 16.4 Å². The van der Waals surface area contributed by atoms with E-state index in [1.165, 1.54) is 11.8 Å². The summed E-state index contributed by atoms with van der Waals surface area (Å²) in [5.74, 6) is 2.08. The van der Waals surface area contributed by atoms with Crippen molar-refractivity contribution in [3.05, 3.63) is 24.2 Å². The number of hydrogen-bond donors (Lipinski definition) is 3. The van der Waals surface area contributed by atoms with Gasteiger partial charge in [0, 0.05) is 37.2 Å². The molecule has 2 aromatic rings. The smallest absolute Gasteiger partial charge is 0.404 e. The molecule has 204 valence electrons. The van der Waals surface area contributed by atoms with E-state index in [1.54, 1.807) is 12.4 Å². The molecule has 4 aliphatic rings. The van der Waals surface area contributed by atoms with Crippen molar-refractivity contribution in [2.24, 2.45) is 16.9 Å². The van der Waals surface area contributed by atoms with Crippen LogP contribution in [0.25, 0.3) is 0 Å². The second-order valence-electron chi connectivity index (χ2n) is 10.5. The monoisotopic (exact) mass is 543 g/mol. The maximum Gasteiger partial charge on any atom is 0.404 e. The van der Waals surface area contributed by atoms with E-state index in [-0.39, 0.29) is 36.3 Å². The Balaban J connectivity index is 1.17. The molecule has 0 unspecified atom stereocenters. The number of aliphatic hydroxyl groups is 1. The highest BCUT2D eigenvalue weighted by atomic mass is 32.2. The highest BCUT2D eigenvalue weighted by molar-refractivity contribution is 7.99. The Morgan fingerprint density at radius 2 is 2.13 bits per heavy atom. The summed E-state index contributed by atoms with van der Waals surface area (Å²) in [6, 6.07) is 1.98. The van der Waals surface area contributed by atoms with Crippen LogP contribution >= 0.6 is 11.8 Å². The molecule has 3 fully saturated rings. The number of carbonyl (C=O) groups is 1. The minimum Gasteiger partial charge on any atom is -0.486 e. The Morgan fingerprint density at radius 3 is 2.84 bits per heavy atom. The highest BCUT2D eigenvalue weighted by Crippen LogP contribution is 2.45. The zero-order chi connectivity index (χ0) is 26.4. The molecule has 5 N–H and O–H groups in total. The fourth-order valence-corrected chi connectivity index (χ4v) is 6.99. The van der Waals surface area contributed by atoms with E-state index >= 15 is 0 Å². The van der Waals surface area contributed by atoms with Crippen molar-refractivity contribution in [2.45, 2.75) is 67.0 Å². The first kappa shape index (κ1) is 25.4. The van der Waals surface area contributed by atoms with Gasteiger partial charge in [-0.05, 0) is 25.8 Å². The molecule has 0 radical (unpaired) electrons. The Hall–Kier alpha value is -2.87. The van der Waals surface area contributed by atoms with Crippen molar-refractivity contribution in [3.63, 3.8) is 0 Å². The number of anilines is 2. The number of carbonyl (C=O) groups excluding carboxylic acids is 1. The summed E-state index contributed by atoms with van der Waals surface area (Å²) < 4.78 is 17.2. The lowest BCUT2D eigenvalue weighted by atomic mass is 9.73. The first-order valence-corrected chi connectivity index (χ1v) is 13.8. The number of fused-ring (bicyclic) bond motifs is 3. The lowest BCUT2D eigenvalue weighted by Crippen LogP contribution is -2.51. The molecule has 0 saturated carbocycles. The van der Waals surface area contributed by atoms with Crippen molar-refractivity contribution in [1.29, 1.82) is 0 Å². The minimum absolute atomic E-state index is 0.0132. The summed E-state index contributed by atoms with van der Waals surface area (Å²) >= 11 is 1.42. The Morgan fingerprint density at radius 1 is 1.32 bits per heavy atom. The van der Waals surface area contributed by atoms with Crippen LogP contribution in [-0.4, -0.2) is 83.3 Å². The predicted octanol–water partition coefficient (Wildman–Crippen LogP) is 1.28. The average molecular weight is 544 g/mol. The van der Waals surface area contributed by atoms with E-state index in [2.05, 4.69) is 14.8 Å². The summed E-state index contributed by atoms with van der Waals surface area (Å²) in [5, 5.41) is 10.8. The summed E-state index contributed by atoms with van der Waals surface area (Å²) in [6.07, 6.45) is 4.96. The molecular weight excluding hydrogens is 510 g/mol. The van der Waals surface area contributed by atoms with Crippen LogP contribution in [0, 0.1) is 5.41 Å². The van der Waals surface area contributed by atoms with Gasteiger partial charge in [0.2, 0.25) is 0 Å². The normalized spacial score (nSPS) is 27.7. The third-order valence-electron chi connectivity index (χ3n) is 8.27. The molecule has 1 spiro atoms. The topological polar surface area (TPSA) is 162 Å². The second-order valence-corrected chi connectivity index (χ2v) is 11.6. The predicted molar refractivity (Wildman–Crippen MR) is 139 cm³/mol. The fourth-order valence-electron chi connectivity index (χ4n) is 6.13. The Kier molecular flexibility index (Phi) is 6.70. The SMILES string of the molecule is C[C@@H]1OCC2(CCN(c3ncc(Sc4ccnc5c4OC[C@@H]4C[C@H](OC(N)=O)CN54)nc3CO)CC2)[C@@H]1N. The Labute approximate surface area is 225 Å². The molecule has 38 heavy (non-hydrogen) atoms. The van der Waals surface area contributed by atoms with E-state index in [1.807, 2.05) is 13.0 Å². The van der Waals surface area contributed by atoms with Crippen molar-refractivity contribution >= 4 is 29.5 Å². The summed E-state index contributed by atoms with van der Waals surface area (Å²) in [6.45, 7) is 5.10. The molecule has 6 rings (SSSR count). The third-order valence-corrected chi connectivity index (χ3v) is 9.22. The molecule has 4 aliphatic heterocycles. The van der Waals surface area contributed by atoms with Gasteiger partial charge in [0.25, 0.3) is 0 Å². The van der Waals surface area contributed by atoms with E-state index < -0.39 is 6.09 Å². The van der Waals surface area contributed by atoms with Gasteiger partial charge in [-0.2, -0.15) is 0 Å². The van der Waals surface area contributed by atoms with E-state index in [0.29, 0.717) is 54.3 Å². The summed E-state index contributed by atoms with van der Waals surface area (Å²) in [7, 11) is 0. The van der Waals surface area contributed by atoms with Gasteiger partial charge < -0.3 is 40.6 Å². The number of amides is 1. The average Bonchev–Trinajstić information content (AvgIpc) is 3.45. The molecule has 6 heterocycles. The number of rotatable bonds is 5. The summed E-state index contributed by atoms with van der Waals surface area (Å²) in [5.41, 5.74) is 12.2. The number of piperidine rings is 1. The van der Waals surface area contributed by atoms with Gasteiger partial charge in [0.15, 0.2) is 17.4 Å². The van der Waals surface area contributed by atoms with Gasteiger partial charge in [0.1, 0.15) is 23.4 Å². The van der Waals surface area contributed by atoms with Crippen LogP contribution in [0.1, 0.15) is 31.9 Å². The number of aromatic nitrogens is 3. The number of nitrogens with zero attached hydrogens (tertiary/aromatic N) is 5. The van der Waals surface area contributed by atoms with Crippen LogP contribution in [0.5, 0.6) is 5.75 Å². The van der Waals surface area contributed by atoms with Crippen molar-refractivity contribution < 1.29 is 24.1 Å². The lowest BCUT2D eigenvalue weighted by Gasteiger charge is -2.41. The number of primary amides is 1. The largest absolute Gasteiger partial charge is 0.486 e. The fraction of sp³-hybridized carbons (Fsp3) is 0.600. The Bertz CT molecular complexity index is 1210.